The molecule has 0 amide bonds. The highest BCUT2D eigenvalue weighted by atomic mass is 14.5. The Morgan fingerprint density at radius 1 is 1.78 bits per heavy atom. The molecule has 0 rings (SSSR count). The van der Waals surface area contributed by atoms with Crippen molar-refractivity contribution in [1.29, 1.82) is 0 Å². The van der Waals surface area contributed by atoms with Crippen molar-refractivity contribution in [3.63, 3.8) is 0 Å². The summed E-state index contributed by atoms with van der Waals surface area (Å²) < 4.78 is 0. The van der Waals surface area contributed by atoms with E-state index in [9.17, 15) is 0 Å². The van der Waals surface area contributed by atoms with Crippen LogP contribution in [-0.4, -0.2) is 6.54 Å². The number of hydrogen-bond acceptors (Lipinski definition) is 1. The van der Waals surface area contributed by atoms with Gasteiger partial charge in [-0.25, -0.2) is 0 Å². The molecule has 0 aliphatic rings. The van der Waals surface area contributed by atoms with Gasteiger partial charge in [0.2, 0.25) is 0 Å². The highest BCUT2D eigenvalue weighted by molar-refractivity contribution is 5.17. The maximum Gasteiger partial charge on any atom is -0.00110 e. The molecule has 0 bridgehead atoms. The zero-order valence-corrected chi connectivity index (χ0v) is 6.22. The average molecular weight is 125 g/mol. The molecule has 0 heterocycles. The van der Waals surface area contributed by atoms with Gasteiger partial charge in [0, 0.05) is 0 Å². The predicted molar refractivity (Wildman–Crippen MR) is 42.2 cm³/mol. The van der Waals surface area contributed by atoms with E-state index in [0.29, 0.717) is 12.5 Å². The van der Waals surface area contributed by atoms with Crippen LogP contribution in [0.25, 0.3) is 0 Å². The van der Waals surface area contributed by atoms with Crippen molar-refractivity contribution >= 4 is 0 Å². The molecule has 1 unspecified atom stereocenters. The Labute approximate surface area is 57.3 Å². The van der Waals surface area contributed by atoms with E-state index in [1.807, 2.05) is 19.1 Å². The third kappa shape index (κ3) is 2.47. The van der Waals surface area contributed by atoms with Gasteiger partial charge in [-0.05, 0) is 25.0 Å². The van der Waals surface area contributed by atoms with Crippen LogP contribution < -0.4 is 5.73 Å². The monoisotopic (exact) mass is 125 g/mol. The van der Waals surface area contributed by atoms with Crippen LogP contribution in [0.4, 0.5) is 0 Å². The minimum absolute atomic E-state index is 0.451. The van der Waals surface area contributed by atoms with E-state index >= 15 is 0 Å². The first-order valence-electron chi connectivity index (χ1n) is 3.25. The van der Waals surface area contributed by atoms with Gasteiger partial charge in [-0.1, -0.05) is 25.7 Å². The van der Waals surface area contributed by atoms with Crippen LogP contribution >= 0.6 is 0 Å². The summed E-state index contributed by atoms with van der Waals surface area (Å²) in [5.74, 6) is 0.451. The van der Waals surface area contributed by atoms with Crippen molar-refractivity contribution in [3.8, 4) is 0 Å². The van der Waals surface area contributed by atoms with Gasteiger partial charge in [0.25, 0.3) is 0 Å². The Bertz CT molecular complexity index is 114. The molecule has 0 aromatic heterocycles. The van der Waals surface area contributed by atoms with Crippen LogP contribution in [0.1, 0.15) is 13.8 Å². The van der Waals surface area contributed by atoms with E-state index in [4.69, 9.17) is 5.73 Å². The molecule has 9 heavy (non-hydrogen) atoms. The molecule has 0 saturated heterocycles. The molecule has 1 heteroatoms. The maximum atomic E-state index is 5.44. The largest absolute Gasteiger partial charge is 0.330 e. The molecule has 1 atom stereocenters. The van der Waals surface area contributed by atoms with Gasteiger partial charge in [0.1, 0.15) is 0 Å². The Morgan fingerprint density at radius 2 is 2.33 bits per heavy atom. The smallest absolute Gasteiger partial charge is 0.00110 e. The molecule has 52 valence electrons. The second-order valence-electron chi connectivity index (χ2n) is 2.13. The summed E-state index contributed by atoms with van der Waals surface area (Å²) in [5, 5.41) is 0. The molecular formula is C8H15N. The van der Waals surface area contributed by atoms with Crippen LogP contribution in [-0.2, 0) is 0 Å². The second-order valence-corrected chi connectivity index (χ2v) is 2.13. The summed E-state index contributed by atoms with van der Waals surface area (Å²) >= 11 is 0. The summed E-state index contributed by atoms with van der Waals surface area (Å²) in [6.45, 7) is 8.47. The van der Waals surface area contributed by atoms with Crippen LogP contribution in [0, 0.1) is 5.92 Å². The standard InChI is InChI=1S/C8H15N/c1-4-8(5-2)7(3)6-9/h4-5,7H,1,6,9H2,2-3H3/b8-5+. The van der Waals surface area contributed by atoms with Crippen LogP contribution in [0.15, 0.2) is 24.3 Å². The molecule has 1 nitrogen and oxygen atoms in total. The van der Waals surface area contributed by atoms with Crippen LogP contribution in [0.2, 0.25) is 0 Å². The highest BCUT2D eigenvalue weighted by Gasteiger charge is 1.99. The van der Waals surface area contributed by atoms with Crippen molar-refractivity contribution in [2.75, 3.05) is 6.54 Å². The Balaban J connectivity index is 3.95. The second kappa shape index (κ2) is 4.33. The molecule has 0 radical (unpaired) electrons. The lowest BCUT2D eigenvalue weighted by molar-refractivity contribution is 0.709. The SMILES string of the molecule is C=C/C(=C\C)C(C)CN. The molecule has 0 saturated carbocycles. The molecule has 2 N–H and O–H groups in total. The minimum Gasteiger partial charge on any atom is -0.330 e. The summed E-state index contributed by atoms with van der Waals surface area (Å²) in [7, 11) is 0. The Hall–Kier alpha value is -0.560. The van der Waals surface area contributed by atoms with Crippen LogP contribution in [0.5, 0.6) is 0 Å². The molecule has 0 aromatic carbocycles. The summed E-state index contributed by atoms with van der Waals surface area (Å²) in [4.78, 5) is 0. The van der Waals surface area contributed by atoms with Crippen molar-refractivity contribution < 1.29 is 0 Å². The lowest BCUT2D eigenvalue weighted by Crippen LogP contribution is -2.11. The third-order valence-corrected chi connectivity index (χ3v) is 1.49. The van der Waals surface area contributed by atoms with Crippen molar-refractivity contribution in [3.05, 3.63) is 24.3 Å². The minimum atomic E-state index is 0.451. The van der Waals surface area contributed by atoms with E-state index in [1.54, 1.807) is 0 Å². The molecule has 0 fully saturated rings. The zero-order chi connectivity index (χ0) is 7.28. The van der Waals surface area contributed by atoms with Gasteiger partial charge < -0.3 is 5.73 Å². The number of nitrogens with two attached hydrogens (primary N) is 1. The topological polar surface area (TPSA) is 26.0 Å². The summed E-state index contributed by atoms with van der Waals surface area (Å²) in [6.07, 6.45) is 3.90. The quantitative estimate of drug-likeness (QED) is 0.571. The van der Waals surface area contributed by atoms with E-state index in [0.717, 1.165) is 0 Å². The zero-order valence-electron chi connectivity index (χ0n) is 6.22. The van der Waals surface area contributed by atoms with Gasteiger partial charge >= 0.3 is 0 Å². The first-order chi connectivity index (χ1) is 4.26. The number of hydrogen-bond donors (Lipinski definition) is 1. The van der Waals surface area contributed by atoms with E-state index in [-0.39, 0.29) is 0 Å². The van der Waals surface area contributed by atoms with Crippen molar-refractivity contribution in [2.24, 2.45) is 11.7 Å². The molecule has 0 aromatic rings. The first-order valence-corrected chi connectivity index (χ1v) is 3.25. The highest BCUT2D eigenvalue weighted by Crippen LogP contribution is 2.08. The maximum absolute atomic E-state index is 5.44. The van der Waals surface area contributed by atoms with Crippen molar-refractivity contribution in [1.82, 2.24) is 0 Å². The third-order valence-electron chi connectivity index (χ3n) is 1.49. The van der Waals surface area contributed by atoms with E-state index in [1.165, 1.54) is 5.57 Å². The molecule has 0 aliphatic carbocycles. The van der Waals surface area contributed by atoms with E-state index in [2.05, 4.69) is 13.5 Å². The number of allylic oxidation sites excluding steroid dienone is 2. The van der Waals surface area contributed by atoms with Gasteiger partial charge in [0.05, 0.1) is 0 Å². The van der Waals surface area contributed by atoms with Gasteiger partial charge in [0.15, 0.2) is 0 Å². The summed E-state index contributed by atoms with van der Waals surface area (Å²) in [5.41, 5.74) is 6.67. The van der Waals surface area contributed by atoms with Gasteiger partial charge in [-0.3, -0.25) is 0 Å². The fourth-order valence-corrected chi connectivity index (χ4v) is 0.740. The molecular weight excluding hydrogens is 110 g/mol. The number of rotatable bonds is 3. The Morgan fingerprint density at radius 3 is 2.44 bits per heavy atom. The van der Waals surface area contributed by atoms with Crippen molar-refractivity contribution in [2.45, 2.75) is 13.8 Å². The summed E-state index contributed by atoms with van der Waals surface area (Å²) in [6, 6.07) is 0. The normalized spacial score (nSPS) is 15.2. The molecule has 0 spiro atoms. The van der Waals surface area contributed by atoms with Gasteiger partial charge in [-0.15, -0.1) is 0 Å². The predicted octanol–water partition coefficient (Wildman–Crippen LogP) is 1.71. The average Bonchev–Trinajstić information content (AvgIpc) is 1.90. The van der Waals surface area contributed by atoms with E-state index < -0.39 is 0 Å². The molecule has 0 aliphatic heterocycles. The fourth-order valence-electron chi connectivity index (χ4n) is 0.740. The Kier molecular flexibility index (Phi) is 4.06. The first kappa shape index (κ1) is 8.44. The van der Waals surface area contributed by atoms with Crippen LogP contribution in [0.3, 0.4) is 0 Å². The fraction of sp³-hybridized carbons (Fsp3) is 0.500. The lowest BCUT2D eigenvalue weighted by Gasteiger charge is -2.07. The van der Waals surface area contributed by atoms with Gasteiger partial charge in [-0.2, -0.15) is 0 Å². The lowest BCUT2D eigenvalue weighted by atomic mass is 10.0.